The fourth-order valence-corrected chi connectivity index (χ4v) is 6.19. The summed E-state index contributed by atoms with van der Waals surface area (Å²) in [5.41, 5.74) is -4.55. The fourth-order valence-electron chi connectivity index (χ4n) is 4.10. The van der Waals surface area contributed by atoms with Gasteiger partial charge >= 0.3 is 17.9 Å². The van der Waals surface area contributed by atoms with E-state index in [9.17, 15) is 67.1 Å². The van der Waals surface area contributed by atoms with Crippen LogP contribution in [0.2, 0.25) is 0 Å². The van der Waals surface area contributed by atoms with Crippen molar-refractivity contribution in [3.8, 4) is 0 Å². The van der Waals surface area contributed by atoms with Gasteiger partial charge in [-0.05, 0) is 103 Å². The highest BCUT2D eigenvalue weighted by atomic mass is 127. The first kappa shape index (κ1) is 40.4. The molecule has 270 valence electrons. The highest BCUT2D eigenvalue weighted by Gasteiger charge is 2.32. The van der Waals surface area contributed by atoms with Gasteiger partial charge in [0.05, 0.1) is 10.7 Å². The molecular formula is C30H9F12I3O6. The topological polar surface area (TPSA) is 78.9 Å². The highest BCUT2D eigenvalue weighted by Crippen LogP contribution is 2.30. The van der Waals surface area contributed by atoms with E-state index in [4.69, 9.17) is 14.2 Å². The molecule has 0 aliphatic rings. The number of hydrogen-bond acceptors (Lipinski definition) is 6. The van der Waals surface area contributed by atoms with Crippen molar-refractivity contribution < 1.29 is 81.3 Å². The highest BCUT2D eigenvalue weighted by molar-refractivity contribution is 14.1. The quantitative estimate of drug-likeness (QED) is 0.0416. The van der Waals surface area contributed by atoms with Crippen LogP contribution in [0, 0.1) is 80.5 Å². The Balaban J connectivity index is 1.65. The van der Waals surface area contributed by atoms with Crippen LogP contribution in [0.4, 0.5) is 52.7 Å². The maximum absolute atomic E-state index is 14.3. The van der Waals surface area contributed by atoms with Crippen LogP contribution >= 0.6 is 67.8 Å². The molecule has 0 unspecified atom stereocenters. The van der Waals surface area contributed by atoms with Crippen LogP contribution in [0.3, 0.4) is 0 Å². The molecule has 0 saturated carbocycles. The maximum atomic E-state index is 14.3. The lowest BCUT2D eigenvalue weighted by Gasteiger charge is -2.14. The Kier molecular flexibility index (Phi) is 12.8. The first-order valence-electron chi connectivity index (χ1n) is 13.0. The van der Waals surface area contributed by atoms with Crippen LogP contribution in [0.1, 0.15) is 47.8 Å². The van der Waals surface area contributed by atoms with Crippen molar-refractivity contribution in [2.45, 2.75) is 19.8 Å². The summed E-state index contributed by atoms with van der Waals surface area (Å²) >= 11 is 3.02. The average Bonchev–Trinajstić information content (AvgIpc) is 3.10. The van der Waals surface area contributed by atoms with Crippen molar-refractivity contribution in [2.24, 2.45) is 0 Å². The van der Waals surface area contributed by atoms with Gasteiger partial charge in [-0.25, -0.2) is 67.1 Å². The first-order valence-corrected chi connectivity index (χ1v) is 16.2. The van der Waals surface area contributed by atoms with Gasteiger partial charge in [0.1, 0.15) is 36.5 Å². The fraction of sp³-hybridized carbons (Fsp3) is 0.100. The first-order chi connectivity index (χ1) is 23.8. The molecule has 4 aromatic carbocycles. The van der Waals surface area contributed by atoms with Gasteiger partial charge in [-0.1, -0.05) is 0 Å². The molecule has 0 N–H and O–H groups in total. The van der Waals surface area contributed by atoms with E-state index >= 15 is 0 Å². The molecule has 0 aliphatic carbocycles. The molecule has 0 amide bonds. The van der Waals surface area contributed by atoms with Crippen molar-refractivity contribution >= 4 is 85.7 Å². The Morgan fingerprint density at radius 3 is 0.784 bits per heavy atom. The molecule has 0 bridgehead atoms. The standard InChI is InChI=1S/C30H9F12I3O6/c31-13-10(25(43)22(40)19(37)16(13)34)28(46)49-4-7-1-8(5-50-29(47)11-14(32)17(35)20(38)23(41)26(11)44)3-9(2-7)6-51-30(48)12-15(33)18(36)21(39)24(42)27(12)45/h1-3H,4-6H2. The Hall–Kier alpha value is -3.36. The molecule has 51 heavy (non-hydrogen) atoms. The number of halogens is 15. The Labute approximate surface area is 316 Å². The molecule has 21 heteroatoms. The van der Waals surface area contributed by atoms with Crippen molar-refractivity contribution in [1.82, 2.24) is 0 Å². The Bertz CT molecular complexity index is 1810. The lowest BCUT2D eigenvalue weighted by molar-refractivity contribution is 0.0462. The van der Waals surface area contributed by atoms with E-state index in [1.54, 1.807) is 0 Å². The van der Waals surface area contributed by atoms with Crippen molar-refractivity contribution in [1.29, 1.82) is 0 Å². The van der Waals surface area contributed by atoms with Gasteiger partial charge in [0.2, 0.25) is 0 Å². The summed E-state index contributed by atoms with van der Waals surface area (Å²) in [5.74, 6) is -30.8. The summed E-state index contributed by atoms with van der Waals surface area (Å²) in [4.78, 5) is 37.7. The largest absolute Gasteiger partial charge is 0.457 e. The monoisotopic (exact) mass is 1070 g/mol. The molecule has 6 nitrogen and oxygen atoms in total. The second-order valence-electron chi connectivity index (χ2n) is 9.72. The SMILES string of the molecule is O=C(OCc1cc(COC(=O)c2c(F)c(F)c(F)c(F)c2I)cc(COC(=O)c2c(F)c(F)c(F)c(F)c2I)c1)c1c(F)c(F)c(F)c(F)c1I. The molecular weight excluding hydrogens is 1070 g/mol. The van der Waals surface area contributed by atoms with Gasteiger partial charge in [0.25, 0.3) is 0 Å². The van der Waals surface area contributed by atoms with E-state index in [0.717, 1.165) is 86.0 Å². The van der Waals surface area contributed by atoms with Gasteiger partial charge in [-0.3, -0.25) is 0 Å². The number of hydrogen-bond donors (Lipinski definition) is 0. The smallest absolute Gasteiger partial charge is 0.342 e. The third kappa shape index (κ3) is 8.02. The normalized spacial score (nSPS) is 11.1. The van der Waals surface area contributed by atoms with Crippen molar-refractivity contribution in [3.05, 3.63) is 132 Å². The number of carbonyl (C=O) groups is 3. The molecule has 4 rings (SSSR count). The zero-order valence-corrected chi connectivity index (χ0v) is 30.4. The van der Waals surface area contributed by atoms with E-state index in [-0.39, 0.29) is 16.7 Å². The Morgan fingerprint density at radius 2 is 0.569 bits per heavy atom. The number of ether oxygens (including phenoxy) is 3. The lowest BCUT2D eigenvalue weighted by atomic mass is 10.1. The van der Waals surface area contributed by atoms with Crippen LogP contribution in [0.5, 0.6) is 0 Å². The minimum atomic E-state index is -2.33. The van der Waals surface area contributed by atoms with E-state index in [1.807, 2.05) is 0 Å². The molecule has 4 aromatic rings. The van der Waals surface area contributed by atoms with Gasteiger partial charge in [-0.15, -0.1) is 0 Å². The predicted octanol–water partition coefficient (Wildman–Crippen LogP) is 9.24. The summed E-state index contributed by atoms with van der Waals surface area (Å²) in [6.07, 6.45) is 0. The van der Waals surface area contributed by atoms with E-state index in [0.29, 0.717) is 0 Å². The van der Waals surface area contributed by atoms with E-state index in [2.05, 4.69) is 0 Å². The summed E-state index contributed by atoms with van der Waals surface area (Å²) in [6, 6.07) is 3.17. The summed E-state index contributed by atoms with van der Waals surface area (Å²) < 4.78 is 179. The van der Waals surface area contributed by atoms with Gasteiger partial charge in [0, 0.05) is 0 Å². The minimum Gasteiger partial charge on any atom is -0.457 e. The molecule has 0 heterocycles. The van der Waals surface area contributed by atoms with Gasteiger partial charge < -0.3 is 14.2 Å². The van der Waals surface area contributed by atoms with Crippen molar-refractivity contribution in [3.63, 3.8) is 0 Å². The second kappa shape index (κ2) is 16.1. The van der Waals surface area contributed by atoms with E-state index in [1.165, 1.54) is 0 Å². The van der Waals surface area contributed by atoms with Crippen LogP contribution in [-0.4, -0.2) is 17.9 Å². The molecule has 0 aromatic heterocycles. The summed E-state index contributed by atoms with van der Waals surface area (Å²) in [7, 11) is 0. The third-order valence-electron chi connectivity index (χ3n) is 6.46. The van der Waals surface area contributed by atoms with Gasteiger partial charge in [0.15, 0.2) is 69.8 Å². The summed E-state index contributed by atoms with van der Waals surface area (Å²) in [5, 5.41) is 0. The zero-order chi connectivity index (χ0) is 38.2. The van der Waals surface area contributed by atoms with Crippen LogP contribution in [0.25, 0.3) is 0 Å². The second-order valence-corrected chi connectivity index (χ2v) is 13.0. The minimum absolute atomic E-state index is 0.180. The third-order valence-corrected chi connectivity index (χ3v) is 9.50. The number of rotatable bonds is 9. The molecule has 0 radical (unpaired) electrons. The molecule has 0 fully saturated rings. The van der Waals surface area contributed by atoms with Crippen molar-refractivity contribution in [2.75, 3.05) is 0 Å². The summed E-state index contributed by atoms with van der Waals surface area (Å²) in [6.45, 7) is -2.75. The number of esters is 3. The number of benzene rings is 4. The molecule has 0 spiro atoms. The maximum Gasteiger partial charge on any atom is 0.342 e. The molecule has 0 aliphatic heterocycles. The molecule has 0 saturated heterocycles. The lowest BCUT2D eigenvalue weighted by Crippen LogP contribution is -2.16. The van der Waals surface area contributed by atoms with E-state index < -0.39 is 135 Å². The Morgan fingerprint density at radius 1 is 0.373 bits per heavy atom. The molecule has 0 atom stereocenters. The van der Waals surface area contributed by atoms with Crippen LogP contribution < -0.4 is 0 Å². The van der Waals surface area contributed by atoms with Gasteiger partial charge in [-0.2, -0.15) is 0 Å². The van der Waals surface area contributed by atoms with Crippen LogP contribution in [0.15, 0.2) is 18.2 Å². The average molecular weight is 1070 g/mol. The predicted molar refractivity (Wildman–Crippen MR) is 171 cm³/mol. The zero-order valence-electron chi connectivity index (χ0n) is 24.0. The number of carbonyl (C=O) groups excluding carboxylic acids is 3. The van der Waals surface area contributed by atoms with Crippen LogP contribution in [-0.2, 0) is 34.0 Å².